The Morgan fingerprint density at radius 1 is 1.06 bits per heavy atom. The number of halogens is 2. The molecule has 172 valence electrons. The molecular weight excluding hydrogens is 430 g/mol. The van der Waals surface area contributed by atoms with Crippen molar-refractivity contribution < 1.29 is 23.0 Å². The van der Waals surface area contributed by atoms with E-state index in [0.29, 0.717) is 32.1 Å². The lowest BCUT2D eigenvalue weighted by atomic mass is 10.2. The standard InChI is InChI=1S/C24H24F2N4O3/c1-17-13-29(9-10-30(17)24(31)15-32-14-18-5-3-2-4-6-18)22-12-23(28-16-27-22)33-19-7-8-20(25)21(26)11-19/h2-8,11-12,16-17H,9-10,13-15H2,1H3/t17-/m0/s1. The van der Waals surface area contributed by atoms with Crippen LogP contribution in [0.4, 0.5) is 14.6 Å². The highest BCUT2D eigenvalue weighted by molar-refractivity contribution is 5.78. The fraction of sp³-hybridized carbons (Fsp3) is 0.292. The normalized spacial score (nSPS) is 16.0. The summed E-state index contributed by atoms with van der Waals surface area (Å²) in [7, 11) is 0. The number of rotatable bonds is 7. The largest absolute Gasteiger partial charge is 0.439 e. The summed E-state index contributed by atoms with van der Waals surface area (Å²) >= 11 is 0. The van der Waals surface area contributed by atoms with Crippen LogP contribution in [0.15, 0.2) is 60.9 Å². The molecule has 0 spiro atoms. The van der Waals surface area contributed by atoms with Crippen LogP contribution >= 0.6 is 0 Å². The second-order valence-corrected chi connectivity index (χ2v) is 7.75. The SMILES string of the molecule is C[C@H]1CN(c2cc(Oc3ccc(F)c(F)c3)ncn2)CCN1C(=O)COCc1ccccc1. The zero-order chi connectivity index (χ0) is 23.2. The van der Waals surface area contributed by atoms with E-state index in [2.05, 4.69) is 9.97 Å². The summed E-state index contributed by atoms with van der Waals surface area (Å²) in [4.78, 5) is 24.8. The molecule has 1 fully saturated rings. The van der Waals surface area contributed by atoms with Crippen LogP contribution in [0.1, 0.15) is 12.5 Å². The molecule has 0 aliphatic carbocycles. The van der Waals surface area contributed by atoms with Crippen LogP contribution in [0.3, 0.4) is 0 Å². The Morgan fingerprint density at radius 3 is 2.64 bits per heavy atom. The van der Waals surface area contributed by atoms with Crippen molar-refractivity contribution in [1.82, 2.24) is 14.9 Å². The molecule has 0 saturated carbocycles. The second-order valence-electron chi connectivity index (χ2n) is 7.75. The van der Waals surface area contributed by atoms with Gasteiger partial charge in [-0.05, 0) is 24.6 Å². The second kappa shape index (κ2) is 10.4. The number of hydrogen-bond acceptors (Lipinski definition) is 6. The van der Waals surface area contributed by atoms with E-state index in [4.69, 9.17) is 9.47 Å². The molecular formula is C24H24F2N4O3. The van der Waals surface area contributed by atoms with Crippen molar-refractivity contribution in [3.8, 4) is 11.6 Å². The van der Waals surface area contributed by atoms with Crippen LogP contribution < -0.4 is 9.64 Å². The van der Waals surface area contributed by atoms with Crippen LogP contribution in [0.25, 0.3) is 0 Å². The lowest BCUT2D eigenvalue weighted by Gasteiger charge is -2.40. The highest BCUT2D eigenvalue weighted by Crippen LogP contribution is 2.25. The first-order valence-electron chi connectivity index (χ1n) is 10.6. The summed E-state index contributed by atoms with van der Waals surface area (Å²) in [5, 5.41) is 0. The third kappa shape index (κ3) is 5.81. The van der Waals surface area contributed by atoms with Crippen LogP contribution in [0.2, 0.25) is 0 Å². The topological polar surface area (TPSA) is 67.8 Å². The van der Waals surface area contributed by atoms with Gasteiger partial charge in [0, 0.05) is 37.8 Å². The zero-order valence-electron chi connectivity index (χ0n) is 18.2. The van der Waals surface area contributed by atoms with Gasteiger partial charge in [-0.15, -0.1) is 0 Å². The first kappa shape index (κ1) is 22.6. The molecule has 0 bridgehead atoms. The molecule has 1 aliphatic heterocycles. The van der Waals surface area contributed by atoms with Crippen molar-refractivity contribution in [2.24, 2.45) is 0 Å². The number of carbonyl (C=O) groups excluding carboxylic acids is 1. The fourth-order valence-corrected chi connectivity index (χ4v) is 3.67. The maximum absolute atomic E-state index is 13.4. The highest BCUT2D eigenvalue weighted by Gasteiger charge is 2.28. The highest BCUT2D eigenvalue weighted by atomic mass is 19.2. The van der Waals surface area contributed by atoms with E-state index >= 15 is 0 Å². The van der Waals surface area contributed by atoms with Gasteiger partial charge in [0.05, 0.1) is 6.61 Å². The number of aromatic nitrogens is 2. The van der Waals surface area contributed by atoms with Gasteiger partial charge < -0.3 is 19.3 Å². The van der Waals surface area contributed by atoms with E-state index in [1.807, 2.05) is 42.2 Å². The van der Waals surface area contributed by atoms with Gasteiger partial charge in [-0.1, -0.05) is 30.3 Å². The monoisotopic (exact) mass is 454 g/mol. The Labute approximate surface area is 190 Å². The van der Waals surface area contributed by atoms with Gasteiger partial charge in [0.1, 0.15) is 24.5 Å². The van der Waals surface area contributed by atoms with Gasteiger partial charge in [-0.2, -0.15) is 0 Å². The third-order valence-electron chi connectivity index (χ3n) is 5.35. The average molecular weight is 454 g/mol. The number of anilines is 1. The molecule has 33 heavy (non-hydrogen) atoms. The number of ether oxygens (including phenoxy) is 2. The summed E-state index contributed by atoms with van der Waals surface area (Å²) in [6.07, 6.45) is 1.35. The minimum atomic E-state index is -0.996. The Hall–Kier alpha value is -3.59. The van der Waals surface area contributed by atoms with Crippen molar-refractivity contribution in [2.75, 3.05) is 31.1 Å². The van der Waals surface area contributed by atoms with Crippen molar-refractivity contribution in [3.63, 3.8) is 0 Å². The van der Waals surface area contributed by atoms with E-state index in [9.17, 15) is 13.6 Å². The summed E-state index contributed by atoms with van der Waals surface area (Å²) < 4.78 is 37.7. The molecule has 9 heteroatoms. The van der Waals surface area contributed by atoms with E-state index in [1.165, 1.54) is 12.4 Å². The third-order valence-corrected chi connectivity index (χ3v) is 5.35. The quantitative estimate of drug-likeness (QED) is 0.541. The minimum Gasteiger partial charge on any atom is -0.439 e. The molecule has 1 saturated heterocycles. The molecule has 7 nitrogen and oxygen atoms in total. The average Bonchev–Trinajstić information content (AvgIpc) is 2.82. The fourth-order valence-electron chi connectivity index (χ4n) is 3.67. The van der Waals surface area contributed by atoms with Crippen molar-refractivity contribution >= 4 is 11.7 Å². The molecule has 0 radical (unpaired) electrons. The van der Waals surface area contributed by atoms with Gasteiger partial charge in [-0.25, -0.2) is 18.7 Å². The summed E-state index contributed by atoms with van der Waals surface area (Å²) in [6.45, 7) is 4.07. The van der Waals surface area contributed by atoms with Crippen molar-refractivity contribution in [1.29, 1.82) is 0 Å². The van der Waals surface area contributed by atoms with Crippen LogP contribution in [0, 0.1) is 11.6 Å². The smallest absolute Gasteiger partial charge is 0.248 e. The Balaban J connectivity index is 1.32. The zero-order valence-corrected chi connectivity index (χ0v) is 18.2. The minimum absolute atomic E-state index is 0.0267. The summed E-state index contributed by atoms with van der Waals surface area (Å²) in [5.74, 6) is -1.02. The molecule has 1 aromatic heterocycles. The number of benzene rings is 2. The molecule has 4 rings (SSSR count). The predicted molar refractivity (Wildman–Crippen MR) is 118 cm³/mol. The lowest BCUT2D eigenvalue weighted by Crippen LogP contribution is -2.55. The molecule has 3 aromatic rings. The molecule has 0 unspecified atom stereocenters. The first-order chi connectivity index (χ1) is 16.0. The van der Waals surface area contributed by atoms with Crippen LogP contribution in [0.5, 0.6) is 11.6 Å². The lowest BCUT2D eigenvalue weighted by molar-refractivity contribution is -0.139. The number of nitrogens with zero attached hydrogens (tertiary/aromatic N) is 4. The van der Waals surface area contributed by atoms with Crippen molar-refractivity contribution in [2.45, 2.75) is 19.6 Å². The molecule has 1 amide bonds. The van der Waals surface area contributed by atoms with Crippen LogP contribution in [-0.4, -0.2) is 53.1 Å². The van der Waals surface area contributed by atoms with Gasteiger partial charge in [0.2, 0.25) is 11.8 Å². The van der Waals surface area contributed by atoms with E-state index < -0.39 is 11.6 Å². The molecule has 2 aromatic carbocycles. The Morgan fingerprint density at radius 2 is 1.88 bits per heavy atom. The summed E-state index contributed by atoms with van der Waals surface area (Å²) in [5.41, 5.74) is 1.02. The van der Waals surface area contributed by atoms with Crippen LogP contribution in [-0.2, 0) is 16.1 Å². The van der Waals surface area contributed by atoms with Gasteiger partial charge in [-0.3, -0.25) is 4.79 Å². The number of hydrogen-bond donors (Lipinski definition) is 0. The van der Waals surface area contributed by atoms with E-state index in [1.54, 1.807) is 11.0 Å². The molecule has 0 N–H and O–H groups in total. The Kier molecular flexibility index (Phi) is 7.09. The number of carbonyl (C=O) groups is 1. The Bertz CT molecular complexity index is 1100. The molecule has 2 heterocycles. The molecule has 1 atom stereocenters. The number of amides is 1. The summed E-state index contributed by atoms with van der Waals surface area (Å²) in [6, 6.07) is 14.6. The predicted octanol–water partition coefficient (Wildman–Crippen LogP) is 3.80. The maximum Gasteiger partial charge on any atom is 0.248 e. The number of piperazine rings is 1. The van der Waals surface area contributed by atoms with Crippen molar-refractivity contribution in [3.05, 3.63) is 78.1 Å². The van der Waals surface area contributed by atoms with Gasteiger partial charge in [0.25, 0.3) is 0 Å². The van der Waals surface area contributed by atoms with E-state index in [0.717, 1.165) is 17.7 Å². The first-order valence-corrected chi connectivity index (χ1v) is 10.6. The maximum atomic E-state index is 13.4. The van der Waals surface area contributed by atoms with Gasteiger partial charge >= 0.3 is 0 Å². The van der Waals surface area contributed by atoms with Gasteiger partial charge in [0.15, 0.2) is 11.6 Å². The van der Waals surface area contributed by atoms with E-state index in [-0.39, 0.29) is 30.2 Å². The molecule has 1 aliphatic rings.